The van der Waals surface area contributed by atoms with E-state index in [0.717, 1.165) is 13.2 Å². The average Bonchev–Trinajstić information content (AvgIpc) is 2.58. The lowest BCUT2D eigenvalue weighted by molar-refractivity contribution is 0.475. The van der Waals surface area contributed by atoms with Gasteiger partial charge in [-0.25, -0.2) is 0 Å². The van der Waals surface area contributed by atoms with E-state index in [4.69, 9.17) is 0 Å². The Morgan fingerprint density at radius 2 is 1.00 bits per heavy atom. The fourth-order valence-electron chi connectivity index (χ4n) is 0. The van der Waals surface area contributed by atoms with Crippen LogP contribution >= 0.6 is 0 Å². The zero-order valence-corrected chi connectivity index (χ0v) is 4.65. The second-order valence-corrected chi connectivity index (χ2v) is 0.612. The number of rotatable bonds is 0. The lowest BCUT2D eigenvalue weighted by atomic mass is 11.0. The summed E-state index contributed by atoms with van der Waals surface area (Å²) in [4.78, 5) is 0. The molecule has 1 rings (SSSR count). The van der Waals surface area contributed by atoms with Crippen LogP contribution in [0.3, 0.4) is 0 Å². The van der Waals surface area contributed by atoms with Crippen molar-refractivity contribution < 1.29 is 4.74 Å². The lowest BCUT2D eigenvalue weighted by Crippen LogP contribution is -1.20. The highest BCUT2D eigenvalue weighted by Gasteiger charge is 1.94. The van der Waals surface area contributed by atoms with E-state index in [-0.39, 0.29) is 0 Å². The molecule has 0 radical (unpaired) electrons. The molecular weight excluding hydrogens is 88.1 g/mol. The monoisotopic (exact) mass is 100 g/mol. The maximum atomic E-state index is 4.50. The summed E-state index contributed by atoms with van der Waals surface area (Å²) in [6, 6.07) is 0. The molecule has 1 fully saturated rings. The second-order valence-electron chi connectivity index (χ2n) is 0.612. The van der Waals surface area contributed by atoms with Gasteiger partial charge in [-0.15, -0.1) is 26.3 Å². The fourth-order valence-corrected chi connectivity index (χ4v) is 0. The largest absolute Gasteiger partial charge is 0.377 e. The molecule has 1 aliphatic heterocycles. The van der Waals surface area contributed by atoms with Crippen molar-refractivity contribution in [1.29, 1.82) is 0 Å². The van der Waals surface area contributed by atoms with Crippen molar-refractivity contribution in [3.63, 3.8) is 0 Å². The van der Waals surface area contributed by atoms with Crippen molar-refractivity contribution in [1.82, 2.24) is 0 Å². The quantitative estimate of drug-likeness (QED) is 0.333. The maximum absolute atomic E-state index is 4.50. The zero-order valence-electron chi connectivity index (χ0n) is 4.65. The van der Waals surface area contributed by atoms with Gasteiger partial charge in [-0.2, -0.15) is 0 Å². The molecule has 7 heavy (non-hydrogen) atoms. The molecule has 0 aromatic heterocycles. The van der Waals surface area contributed by atoms with Gasteiger partial charge in [0.1, 0.15) is 0 Å². The van der Waals surface area contributed by atoms with E-state index in [9.17, 15) is 0 Å². The zero-order chi connectivity index (χ0) is 6.12. The number of hydrogen-bond donors (Lipinski definition) is 0. The van der Waals surface area contributed by atoms with E-state index in [2.05, 4.69) is 31.1 Å². The highest BCUT2D eigenvalue weighted by Crippen LogP contribution is 1.84. The molecule has 1 aliphatic rings. The van der Waals surface area contributed by atoms with Gasteiger partial charge in [0.15, 0.2) is 0 Å². The minimum absolute atomic E-state index is 1.00. The summed E-state index contributed by atoms with van der Waals surface area (Å²) >= 11 is 0. The van der Waals surface area contributed by atoms with Crippen LogP contribution in [-0.2, 0) is 4.74 Å². The summed E-state index contributed by atoms with van der Waals surface area (Å²) in [6.07, 6.45) is 0. The summed E-state index contributed by atoms with van der Waals surface area (Å²) < 4.78 is 4.50. The smallest absolute Gasteiger partial charge is 0.0701 e. The van der Waals surface area contributed by atoms with Crippen LogP contribution in [0.4, 0.5) is 0 Å². The van der Waals surface area contributed by atoms with Crippen molar-refractivity contribution in [2.24, 2.45) is 0 Å². The molecule has 0 aliphatic carbocycles. The molecule has 0 aromatic rings. The van der Waals surface area contributed by atoms with Gasteiger partial charge >= 0.3 is 0 Å². The van der Waals surface area contributed by atoms with Gasteiger partial charge in [-0.1, -0.05) is 0 Å². The Kier molecular flexibility index (Phi) is 24.9. The van der Waals surface area contributed by atoms with Crippen molar-refractivity contribution in [3.8, 4) is 0 Å². The Morgan fingerprint density at radius 1 is 0.857 bits per heavy atom. The summed E-state index contributed by atoms with van der Waals surface area (Å²) in [7, 11) is 0. The molecule has 1 heteroatoms. The Balaban J connectivity index is 0. The van der Waals surface area contributed by atoms with Crippen LogP contribution in [0.1, 0.15) is 0 Å². The first-order chi connectivity index (χ1) is 3.50. The van der Waals surface area contributed by atoms with Crippen molar-refractivity contribution in [3.05, 3.63) is 26.3 Å². The third-order valence-corrected chi connectivity index (χ3v) is 0.204. The fraction of sp³-hybridized carbons (Fsp3) is 0.333. The van der Waals surface area contributed by atoms with E-state index in [1.54, 1.807) is 0 Å². The molecule has 42 valence electrons. The van der Waals surface area contributed by atoms with Gasteiger partial charge < -0.3 is 4.74 Å². The van der Waals surface area contributed by atoms with Gasteiger partial charge in [0.05, 0.1) is 13.2 Å². The second kappa shape index (κ2) is 18.0. The number of ether oxygens (including phenoxy) is 1. The first-order valence-electron chi connectivity index (χ1n) is 2.08. The Morgan fingerprint density at radius 3 is 1.00 bits per heavy atom. The molecule has 0 saturated carbocycles. The molecule has 1 heterocycles. The molecule has 1 saturated heterocycles. The first kappa shape index (κ1) is 9.67. The van der Waals surface area contributed by atoms with Crippen LogP contribution in [-0.4, -0.2) is 13.2 Å². The van der Waals surface area contributed by atoms with Crippen molar-refractivity contribution >= 4 is 0 Å². The highest BCUT2D eigenvalue weighted by atomic mass is 16.6. The third-order valence-electron chi connectivity index (χ3n) is 0.204. The van der Waals surface area contributed by atoms with Crippen molar-refractivity contribution in [2.75, 3.05) is 13.2 Å². The Hall–Kier alpha value is -0.560. The van der Waals surface area contributed by atoms with Crippen LogP contribution in [0.2, 0.25) is 0 Å². The van der Waals surface area contributed by atoms with Gasteiger partial charge in [0.2, 0.25) is 0 Å². The molecule has 0 spiro atoms. The molecule has 0 N–H and O–H groups in total. The van der Waals surface area contributed by atoms with Crippen LogP contribution < -0.4 is 0 Å². The van der Waals surface area contributed by atoms with Gasteiger partial charge in [0, 0.05) is 0 Å². The molecule has 0 aromatic carbocycles. The first-order valence-corrected chi connectivity index (χ1v) is 2.08. The topological polar surface area (TPSA) is 12.5 Å². The molecule has 1 nitrogen and oxygen atoms in total. The molecule has 0 amide bonds. The standard InChI is InChI=1S/C2H4O.2C2H4/c1-2-3-1;2*1-2/h1-2H2;2*1-2H2. The average molecular weight is 100 g/mol. The summed E-state index contributed by atoms with van der Waals surface area (Å²) in [5, 5.41) is 0. The van der Waals surface area contributed by atoms with Gasteiger partial charge in [-0.05, 0) is 0 Å². The molecular formula is C6H12O. The highest BCUT2D eigenvalue weighted by molar-refractivity contribution is 4.36. The number of epoxide rings is 1. The van der Waals surface area contributed by atoms with Crippen molar-refractivity contribution in [2.45, 2.75) is 0 Å². The van der Waals surface area contributed by atoms with E-state index >= 15 is 0 Å². The van der Waals surface area contributed by atoms with Crippen LogP contribution in [0.25, 0.3) is 0 Å². The van der Waals surface area contributed by atoms with Crippen LogP contribution in [0, 0.1) is 0 Å². The van der Waals surface area contributed by atoms with Gasteiger partial charge in [-0.3, -0.25) is 0 Å². The molecule has 0 atom stereocenters. The predicted octanol–water partition coefficient (Wildman–Crippen LogP) is 1.62. The van der Waals surface area contributed by atoms with E-state index in [1.165, 1.54) is 0 Å². The Labute approximate surface area is 45.3 Å². The Bertz CT molecular complexity index is 20.6. The summed E-state index contributed by atoms with van der Waals surface area (Å²) in [5.41, 5.74) is 0. The van der Waals surface area contributed by atoms with E-state index in [1.807, 2.05) is 0 Å². The van der Waals surface area contributed by atoms with E-state index in [0.29, 0.717) is 0 Å². The normalized spacial score (nSPS) is 11.4. The van der Waals surface area contributed by atoms with E-state index < -0.39 is 0 Å². The minimum Gasteiger partial charge on any atom is -0.377 e. The molecule has 0 bridgehead atoms. The molecule has 0 unspecified atom stereocenters. The summed E-state index contributed by atoms with van der Waals surface area (Å²) in [6.45, 7) is 14.0. The van der Waals surface area contributed by atoms with Gasteiger partial charge in [0.25, 0.3) is 0 Å². The summed E-state index contributed by atoms with van der Waals surface area (Å²) in [5.74, 6) is 0. The minimum atomic E-state index is 1.00. The predicted molar refractivity (Wildman–Crippen MR) is 33.3 cm³/mol. The third kappa shape index (κ3) is 333. The van der Waals surface area contributed by atoms with Crippen LogP contribution in [0.5, 0.6) is 0 Å². The maximum Gasteiger partial charge on any atom is 0.0701 e. The number of hydrogen-bond acceptors (Lipinski definition) is 1. The SMILES string of the molecule is C1CO1.C=C.C=C. The van der Waals surface area contributed by atoms with Crippen LogP contribution in [0.15, 0.2) is 26.3 Å². The lowest BCUT2D eigenvalue weighted by Gasteiger charge is -1.24.